The van der Waals surface area contributed by atoms with Gasteiger partial charge in [0.1, 0.15) is 0 Å². The first-order valence-electron chi connectivity index (χ1n) is 15.6. The number of carbonyl (C=O) groups is 2. The van der Waals surface area contributed by atoms with Crippen molar-refractivity contribution in [2.75, 3.05) is 0 Å². The molecule has 3 unspecified atom stereocenters. The average molecular weight is 511 g/mol. The average Bonchev–Trinajstić information content (AvgIpc) is 2.84. The van der Waals surface area contributed by atoms with Gasteiger partial charge in [0.05, 0.1) is 5.41 Å². The highest BCUT2D eigenvalue weighted by molar-refractivity contribution is 5.75. The Kier molecular flexibility index (Phi) is 20.3. The van der Waals surface area contributed by atoms with Gasteiger partial charge >= 0.3 is 11.9 Å². The molecule has 2 N–H and O–H groups in total. The normalized spacial score (nSPS) is 16.0. The highest BCUT2D eigenvalue weighted by atomic mass is 16.4. The smallest absolute Gasteiger partial charge is 0.309 e. The summed E-state index contributed by atoms with van der Waals surface area (Å²) < 4.78 is 0. The van der Waals surface area contributed by atoms with Gasteiger partial charge in [-0.25, -0.2) is 0 Å². The van der Waals surface area contributed by atoms with Crippen LogP contribution < -0.4 is 0 Å². The lowest BCUT2D eigenvalue weighted by molar-refractivity contribution is -0.158. The fraction of sp³-hybridized carbons (Fsp3) is 0.938. The maximum absolute atomic E-state index is 13.3. The van der Waals surface area contributed by atoms with Crippen molar-refractivity contribution in [2.24, 2.45) is 29.1 Å². The summed E-state index contributed by atoms with van der Waals surface area (Å²) >= 11 is 0. The molecule has 0 aromatic carbocycles. The Hall–Kier alpha value is -1.06. The zero-order valence-electron chi connectivity index (χ0n) is 25.0. The third kappa shape index (κ3) is 14.0. The van der Waals surface area contributed by atoms with Crippen LogP contribution in [0.15, 0.2) is 0 Å². The van der Waals surface area contributed by atoms with Crippen LogP contribution in [0, 0.1) is 29.1 Å². The van der Waals surface area contributed by atoms with Gasteiger partial charge < -0.3 is 10.2 Å². The van der Waals surface area contributed by atoms with Crippen LogP contribution in [-0.2, 0) is 9.59 Å². The number of unbranched alkanes of at least 4 members (excludes halogenated alkanes) is 8. The molecule has 0 bridgehead atoms. The maximum Gasteiger partial charge on any atom is 0.309 e. The minimum absolute atomic E-state index is 0.219. The van der Waals surface area contributed by atoms with Crippen molar-refractivity contribution in [1.82, 2.24) is 0 Å². The molecule has 0 amide bonds. The molecule has 0 spiro atoms. The lowest BCUT2D eigenvalue weighted by Crippen LogP contribution is -2.44. The fourth-order valence-electron chi connectivity index (χ4n) is 6.41. The van der Waals surface area contributed by atoms with Gasteiger partial charge in [0.15, 0.2) is 0 Å². The van der Waals surface area contributed by atoms with Crippen LogP contribution in [0.25, 0.3) is 0 Å². The van der Waals surface area contributed by atoms with E-state index in [2.05, 4.69) is 41.5 Å². The molecule has 3 atom stereocenters. The highest BCUT2D eigenvalue weighted by Gasteiger charge is 2.48. The molecule has 0 fully saturated rings. The van der Waals surface area contributed by atoms with E-state index in [0.717, 1.165) is 83.5 Å². The highest BCUT2D eigenvalue weighted by Crippen LogP contribution is 2.49. The Morgan fingerprint density at radius 2 is 1.08 bits per heavy atom. The molecule has 0 heterocycles. The van der Waals surface area contributed by atoms with Gasteiger partial charge in [0.2, 0.25) is 0 Å². The number of rotatable bonds is 25. The van der Waals surface area contributed by atoms with Gasteiger partial charge in [-0.15, -0.1) is 0 Å². The molecule has 4 nitrogen and oxygen atoms in total. The number of carboxylic acids is 2. The molecule has 0 aromatic rings. The second-order valence-electron chi connectivity index (χ2n) is 12.0. The summed E-state index contributed by atoms with van der Waals surface area (Å²) in [6.45, 7) is 13.5. The third-order valence-corrected chi connectivity index (χ3v) is 8.74. The standard InChI is InChI=1S/C32H62O4/c1-7-11-20-27(9-3)24-32(31(35)36,25-28(10-4)21-12-8-2)29(26(5)6)22-18-16-14-13-15-17-19-23-30(33)34/h26-29H,7-25H2,1-6H3,(H,33,34)(H,35,36). The Balaban J connectivity index is 5.47. The van der Waals surface area contributed by atoms with Crippen molar-refractivity contribution >= 4 is 11.9 Å². The van der Waals surface area contributed by atoms with Crippen LogP contribution >= 0.6 is 0 Å². The topological polar surface area (TPSA) is 74.6 Å². The monoisotopic (exact) mass is 510 g/mol. The molecule has 0 aliphatic carbocycles. The minimum Gasteiger partial charge on any atom is -0.481 e. The van der Waals surface area contributed by atoms with Gasteiger partial charge in [0.25, 0.3) is 0 Å². The van der Waals surface area contributed by atoms with Crippen molar-refractivity contribution in [1.29, 1.82) is 0 Å². The molecule has 214 valence electrons. The van der Waals surface area contributed by atoms with Crippen molar-refractivity contribution in [3.8, 4) is 0 Å². The molecule has 0 aliphatic rings. The molecule has 36 heavy (non-hydrogen) atoms. The van der Waals surface area contributed by atoms with Gasteiger partial charge in [-0.1, -0.05) is 131 Å². The summed E-state index contributed by atoms with van der Waals surface area (Å²) in [5, 5.41) is 19.7. The summed E-state index contributed by atoms with van der Waals surface area (Å²) in [6.07, 6.45) is 19.6. The van der Waals surface area contributed by atoms with E-state index in [-0.39, 0.29) is 12.3 Å². The molecule has 4 heteroatoms. The summed E-state index contributed by atoms with van der Waals surface area (Å²) in [7, 11) is 0. The lowest BCUT2D eigenvalue weighted by Gasteiger charge is -2.44. The summed E-state index contributed by atoms with van der Waals surface area (Å²) in [5.74, 6) is 0.344. The first-order chi connectivity index (χ1) is 17.2. The predicted molar refractivity (Wildman–Crippen MR) is 153 cm³/mol. The van der Waals surface area contributed by atoms with Gasteiger partial charge in [-0.05, 0) is 49.4 Å². The van der Waals surface area contributed by atoms with E-state index in [1.807, 2.05) is 0 Å². The van der Waals surface area contributed by atoms with Crippen LogP contribution in [0.3, 0.4) is 0 Å². The maximum atomic E-state index is 13.3. The molecule has 0 aliphatic heterocycles. The van der Waals surface area contributed by atoms with Crippen LogP contribution in [0.2, 0.25) is 0 Å². The van der Waals surface area contributed by atoms with E-state index in [0.29, 0.717) is 17.8 Å². The molecule has 0 radical (unpaired) electrons. The van der Waals surface area contributed by atoms with E-state index in [1.54, 1.807) is 0 Å². The zero-order chi connectivity index (χ0) is 27.4. The van der Waals surface area contributed by atoms with Gasteiger partial charge in [-0.2, -0.15) is 0 Å². The fourth-order valence-corrected chi connectivity index (χ4v) is 6.41. The van der Waals surface area contributed by atoms with E-state index in [4.69, 9.17) is 5.11 Å². The van der Waals surface area contributed by atoms with Crippen LogP contribution in [-0.4, -0.2) is 22.2 Å². The second-order valence-corrected chi connectivity index (χ2v) is 12.0. The van der Waals surface area contributed by atoms with Gasteiger partial charge in [-0.3, -0.25) is 9.59 Å². The van der Waals surface area contributed by atoms with E-state index >= 15 is 0 Å². The number of aliphatic carboxylic acids is 2. The SMILES string of the molecule is CCCCC(CC)CC(CC(CC)CCCC)(C(=O)O)C(CCCCCCCCCC(=O)O)C(C)C. The Morgan fingerprint density at radius 3 is 1.44 bits per heavy atom. The molecule has 0 aromatic heterocycles. The zero-order valence-corrected chi connectivity index (χ0v) is 25.0. The largest absolute Gasteiger partial charge is 0.481 e. The Labute approximate surface area is 224 Å². The quantitative estimate of drug-likeness (QED) is 0.120. The molecular formula is C32H62O4. The van der Waals surface area contributed by atoms with Gasteiger partial charge in [0, 0.05) is 6.42 Å². The first-order valence-corrected chi connectivity index (χ1v) is 15.6. The van der Waals surface area contributed by atoms with E-state index < -0.39 is 17.4 Å². The summed E-state index contributed by atoms with van der Waals surface area (Å²) in [5.41, 5.74) is -0.617. The predicted octanol–water partition coefficient (Wildman–Crippen LogP) is 10.1. The van der Waals surface area contributed by atoms with Crippen LogP contribution in [0.1, 0.15) is 164 Å². The number of hydrogen-bond acceptors (Lipinski definition) is 2. The summed E-state index contributed by atoms with van der Waals surface area (Å²) in [6, 6.07) is 0. The Bertz CT molecular complexity index is 538. The van der Waals surface area contributed by atoms with E-state index in [1.165, 1.54) is 32.1 Å². The van der Waals surface area contributed by atoms with Crippen molar-refractivity contribution in [2.45, 2.75) is 164 Å². The van der Waals surface area contributed by atoms with Crippen LogP contribution in [0.4, 0.5) is 0 Å². The molecule has 0 saturated heterocycles. The van der Waals surface area contributed by atoms with Crippen molar-refractivity contribution in [3.63, 3.8) is 0 Å². The number of carboxylic acid groups (broad SMARTS) is 2. The van der Waals surface area contributed by atoms with E-state index in [9.17, 15) is 14.7 Å². The first kappa shape index (κ1) is 34.9. The van der Waals surface area contributed by atoms with Crippen LogP contribution in [0.5, 0.6) is 0 Å². The Morgan fingerprint density at radius 1 is 0.639 bits per heavy atom. The number of hydrogen-bond donors (Lipinski definition) is 2. The molecule has 0 saturated carbocycles. The molecule has 0 rings (SSSR count). The molecular weight excluding hydrogens is 448 g/mol. The second kappa shape index (κ2) is 20.9. The van der Waals surface area contributed by atoms with Crippen molar-refractivity contribution < 1.29 is 19.8 Å². The van der Waals surface area contributed by atoms with Crippen molar-refractivity contribution in [3.05, 3.63) is 0 Å². The summed E-state index contributed by atoms with van der Waals surface area (Å²) in [4.78, 5) is 23.9. The lowest BCUT2D eigenvalue weighted by atomic mass is 9.59. The third-order valence-electron chi connectivity index (χ3n) is 8.74. The minimum atomic E-state index is -0.698.